The van der Waals surface area contributed by atoms with Gasteiger partial charge in [-0.25, -0.2) is 0 Å². The Kier molecular flexibility index (Phi) is 3.43. The zero-order valence-corrected chi connectivity index (χ0v) is 11.3. The first-order valence-electron chi connectivity index (χ1n) is 5.55. The van der Waals surface area contributed by atoms with Crippen molar-refractivity contribution in [2.45, 2.75) is 6.92 Å². The Morgan fingerprint density at radius 3 is 2.56 bits per heavy atom. The lowest BCUT2D eigenvalue weighted by Gasteiger charge is -2.12. The fourth-order valence-corrected chi connectivity index (χ4v) is 2.12. The molecular formula is C14H14ClNO2. The number of methoxy groups -OCH3 is 1. The molecule has 0 bridgehead atoms. The van der Waals surface area contributed by atoms with Gasteiger partial charge in [0.2, 0.25) is 0 Å². The quantitative estimate of drug-likeness (QED) is 0.834. The Morgan fingerprint density at radius 2 is 1.94 bits per heavy atom. The Balaban J connectivity index is 2.63. The summed E-state index contributed by atoms with van der Waals surface area (Å²) in [6.45, 7) is 1.98. The van der Waals surface area contributed by atoms with Gasteiger partial charge in [0.1, 0.15) is 10.8 Å². The van der Waals surface area contributed by atoms with Crippen molar-refractivity contribution < 1.29 is 4.74 Å². The molecule has 0 aliphatic heterocycles. The molecule has 2 rings (SSSR count). The molecule has 0 saturated heterocycles. The van der Waals surface area contributed by atoms with E-state index in [1.165, 1.54) is 0 Å². The second-order valence-corrected chi connectivity index (χ2v) is 4.52. The fraction of sp³-hybridized carbons (Fsp3) is 0.214. The van der Waals surface area contributed by atoms with Gasteiger partial charge in [0.25, 0.3) is 5.56 Å². The minimum Gasteiger partial charge on any atom is -0.497 e. The van der Waals surface area contributed by atoms with E-state index in [0.717, 1.165) is 22.6 Å². The van der Waals surface area contributed by atoms with Crippen LogP contribution in [0.15, 0.2) is 35.1 Å². The van der Waals surface area contributed by atoms with Crippen molar-refractivity contribution in [1.29, 1.82) is 0 Å². The van der Waals surface area contributed by atoms with Gasteiger partial charge in [-0.1, -0.05) is 11.6 Å². The Bertz CT molecular complexity index is 647. The van der Waals surface area contributed by atoms with Crippen LogP contribution in [0.2, 0.25) is 5.02 Å². The first-order valence-corrected chi connectivity index (χ1v) is 5.93. The largest absolute Gasteiger partial charge is 0.497 e. The summed E-state index contributed by atoms with van der Waals surface area (Å²) in [5.41, 5.74) is 2.69. The minimum atomic E-state index is -0.190. The van der Waals surface area contributed by atoms with Crippen LogP contribution in [0.25, 0.3) is 11.3 Å². The molecule has 0 aliphatic rings. The molecule has 18 heavy (non-hydrogen) atoms. The van der Waals surface area contributed by atoms with E-state index in [4.69, 9.17) is 16.3 Å². The van der Waals surface area contributed by atoms with Crippen LogP contribution in [0.4, 0.5) is 0 Å². The third kappa shape index (κ3) is 2.14. The number of aryl methyl sites for hydroxylation is 1. The summed E-state index contributed by atoms with van der Waals surface area (Å²) < 4.78 is 6.72. The molecule has 0 unspecified atom stereocenters. The SMILES string of the molecule is COc1ccc(-c2ccc(Cl)c(=O)n2C)c(C)c1. The molecule has 3 nitrogen and oxygen atoms in total. The lowest BCUT2D eigenvalue weighted by Crippen LogP contribution is -2.18. The lowest BCUT2D eigenvalue weighted by atomic mass is 10.0. The smallest absolute Gasteiger partial charge is 0.269 e. The average molecular weight is 264 g/mol. The van der Waals surface area contributed by atoms with E-state index in [1.54, 1.807) is 24.8 Å². The standard InChI is InChI=1S/C14H14ClNO2/c1-9-8-10(18-3)4-5-11(9)13-7-6-12(15)14(17)16(13)2/h4-8H,1-3H3. The van der Waals surface area contributed by atoms with Crippen molar-refractivity contribution in [2.24, 2.45) is 7.05 Å². The van der Waals surface area contributed by atoms with Crippen LogP contribution in [-0.4, -0.2) is 11.7 Å². The highest BCUT2D eigenvalue weighted by Crippen LogP contribution is 2.26. The molecule has 1 aromatic carbocycles. The van der Waals surface area contributed by atoms with E-state index in [0.29, 0.717) is 0 Å². The Hall–Kier alpha value is -1.74. The summed E-state index contributed by atoms with van der Waals surface area (Å²) in [4.78, 5) is 11.8. The lowest BCUT2D eigenvalue weighted by molar-refractivity contribution is 0.414. The monoisotopic (exact) mass is 263 g/mol. The minimum absolute atomic E-state index is 0.190. The highest BCUT2D eigenvalue weighted by atomic mass is 35.5. The first kappa shape index (κ1) is 12.7. The molecule has 94 valence electrons. The molecule has 0 saturated carbocycles. The predicted molar refractivity (Wildman–Crippen MR) is 73.4 cm³/mol. The molecule has 0 radical (unpaired) electrons. The van der Waals surface area contributed by atoms with E-state index < -0.39 is 0 Å². The normalized spacial score (nSPS) is 10.4. The number of hydrogen-bond acceptors (Lipinski definition) is 2. The third-order valence-corrected chi connectivity index (χ3v) is 3.26. The number of halogens is 1. The molecule has 0 spiro atoms. The van der Waals surface area contributed by atoms with Gasteiger partial charge >= 0.3 is 0 Å². The number of hydrogen-bond donors (Lipinski definition) is 0. The molecule has 0 aliphatic carbocycles. The van der Waals surface area contributed by atoms with Crippen LogP contribution >= 0.6 is 11.6 Å². The summed E-state index contributed by atoms with van der Waals surface area (Å²) in [5, 5.41) is 0.229. The van der Waals surface area contributed by atoms with Crippen LogP contribution in [0.3, 0.4) is 0 Å². The van der Waals surface area contributed by atoms with Crippen LogP contribution in [-0.2, 0) is 7.05 Å². The van der Waals surface area contributed by atoms with Gasteiger partial charge in [0.15, 0.2) is 0 Å². The van der Waals surface area contributed by atoms with Gasteiger partial charge < -0.3 is 9.30 Å². The van der Waals surface area contributed by atoms with Gasteiger partial charge in [-0.15, -0.1) is 0 Å². The maximum absolute atomic E-state index is 11.8. The summed E-state index contributed by atoms with van der Waals surface area (Å²) >= 11 is 5.81. The molecule has 2 aromatic rings. The van der Waals surface area contributed by atoms with Crippen molar-refractivity contribution in [2.75, 3.05) is 7.11 Å². The third-order valence-electron chi connectivity index (χ3n) is 2.97. The number of benzene rings is 1. The number of pyridine rings is 1. The summed E-state index contributed by atoms with van der Waals surface area (Å²) in [6, 6.07) is 9.23. The van der Waals surface area contributed by atoms with Crippen LogP contribution in [0.1, 0.15) is 5.56 Å². The molecule has 0 atom stereocenters. The van der Waals surface area contributed by atoms with Crippen molar-refractivity contribution in [3.63, 3.8) is 0 Å². The van der Waals surface area contributed by atoms with Gasteiger partial charge in [0.05, 0.1) is 12.8 Å². The van der Waals surface area contributed by atoms with E-state index in [-0.39, 0.29) is 10.6 Å². The molecule has 0 N–H and O–H groups in total. The maximum atomic E-state index is 11.8. The highest BCUT2D eigenvalue weighted by molar-refractivity contribution is 6.30. The van der Waals surface area contributed by atoms with Crippen LogP contribution < -0.4 is 10.3 Å². The molecular weight excluding hydrogens is 250 g/mol. The maximum Gasteiger partial charge on any atom is 0.269 e. The fourth-order valence-electron chi connectivity index (χ4n) is 1.93. The Labute approximate surface area is 111 Å². The second kappa shape index (κ2) is 4.86. The molecule has 0 amide bonds. The number of ether oxygens (including phenoxy) is 1. The molecule has 4 heteroatoms. The van der Waals surface area contributed by atoms with Crippen LogP contribution in [0.5, 0.6) is 5.75 Å². The zero-order valence-electron chi connectivity index (χ0n) is 10.5. The predicted octanol–water partition coefficient (Wildman–Crippen LogP) is 3.02. The highest BCUT2D eigenvalue weighted by Gasteiger charge is 2.09. The second-order valence-electron chi connectivity index (χ2n) is 4.11. The topological polar surface area (TPSA) is 31.2 Å². The zero-order chi connectivity index (χ0) is 13.3. The van der Waals surface area contributed by atoms with Gasteiger partial charge in [-0.2, -0.15) is 0 Å². The van der Waals surface area contributed by atoms with E-state index in [9.17, 15) is 4.79 Å². The van der Waals surface area contributed by atoms with Crippen LogP contribution in [0, 0.1) is 6.92 Å². The Morgan fingerprint density at radius 1 is 1.22 bits per heavy atom. The summed E-state index contributed by atoms with van der Waals surface area (Å²) in [5.74, 6) is 0.801. The van der Waals surface area contributed by atoms with Crippen molar-refractivity contribution in [3.8, 4) is 17.0 Å². The van der Waals surface area contributed by atoms with Crippen molar-refractivity contribution >= 4 is 11.6 Å². The van der Waals surface area contributed by atoms with E-state index >= 15 is 0 Å². The first-order chi connectivity index (χ1) is 8.54. The summed E-state index contributed by atoms with van der Waals surface area (Å²) in [7, 11) is 3.35. The van der Waals surface area contributed by atoms with Gasteiger partial charge in [0, 0.05) is 12.6 Å². The van der Waals surface area contributed by atoms with E-state index in [2.05, 4.69) is 0 Å². The van der Waals surface area contributed by atoms with Crippen molar-refractivity contribution in [1.82, 2.24) is 4.57 Å². The average Bonchev–Trinajstić information content (AvgIpc) is 2.37. The molecule has 0 fully saturated rings. The molecule has 1 heterocycles. The number of aromatic nitrogens is 1. The number of rotatable bonds is 2. The number of nitrogens with zero attached hydrogens (tertiary/aromatic N) is 1. The van der Waals surface area contributed by atoms with Gasteiger partial charge in [-0.3, -0.25) is 4.79 Å². The van der Waals surface area contributed by atoms with Crippen molar-refractivity contribution in [3.05, 3.63) is 51.3 Å². The van der Waals surface area contributed by atoms with E-state index in [1.807, 2.05) is 31.2 Å². The summed E-state index contributed by atoms with van der Waals surface area (Å²) in [6.07, 6.45) is 0. The molecule has 1 aromatic heterocycles. The van der Waals surface area contributed by atoms with Gasteiger partial charge in [-0.05, 0) is 42.8 Å².